The Morgan fingerprint density at radius 2 is 2.00 bits per heavy atom. The van der Waals surface area contributed by atoms with Crippen LogP contribution in [-0.2, 0) is 14.3 Å². The molecule has 8 nitrogen and oxygen atoms in total. The molecule has 2 rings (SSSR count). The van der Waals surface area contributed by atoms with Crippen molar-refractivity contribution in [2.75, 3.05) is 5.32 Å². The van der Waals surface area contributed by atoms with Gasteiger partial charge in [0, 0.05) is 23.9 Å². The number of nitrogens with one attached hydrogen (secondary N) is 1. The molecule has 8 heteroatoms. The molecule has 0 radical (unpaired) electrons. The van der Waals surface area contributed by atoms with Crippen molar-refractivity contribution in [3.05, 3.63) is 75.8 Å². The van der Waals surface area contributed by atoms with Gasteiger partial charge >= 0.3 is 5.97 Å². The SMILES string of the molecule is CC(OC(=O)/C=C/c1cccc([N+](=O)[O-])c1)C(=O)Nc1cccc(C#N)c1. The van der Waals surface area contributed by atoms with Crippen LogP contribution in [0.1, 0.15) is 18.1 Å². The van der Waals surface area contributed by atoms with E-state index in [1.807, 2.05) is 6.07 Å². The predicted molar refractivity (Wildman–Crippen MR) is 97.5 cm³/mol. The maximum Gasteiger partial charge on any atom is 0.331 e. The summed E-state index contributed by atoms with van der Waals surface area (Å²) in [7, 11) is 0. The van der Waals surface area contributed by atoms with E-state index in [0.29, 0.717) is 16.8 Å². The molecule has 2 aromatic rings. The van der Waals surface area contributed by atoms with Crippen molar-refractivity contribution in [3.63, 3.8) is 0 Å². The normalized spacial score (nSPS) is 11.4. The summed E-state index contributed by atoms with van der Waals surface area (Å²) in [5.74, 6) is -1.32. The number of carbonyl (C=O) groups excluding carboxylic acids is 2. The highest BCUT2D eigenvalue weighted by Gasteiger charge is 2.17. The quantitative estimate of drug-likeness (QED) is 0.363. The lowest BCUT2D eigenvalue weighted by Gasteiger charge is -2.12. The van der Waals surface area contributed by atoms with Crippen molar-refractivity contribution in [1.82, 2.24) is 0 Å². The van der Waals surface area contributed by atoms with Gasteiger partial charge in [-0.3, -0.25) is 14.9 Å². The largest absolute Gasteiger partial charge is 0.449 e. The van der Waals surface area contributed by atoms with Gasteiger partial charge in [-0.1, -0.05) is 18.2 Å². The van der Waals surface area contributed by atoms with Crippen LogP contribution < -0.4 is 5.32 Å². The van der Waals surface area contributed by atoms with Gasteiger partial charge < -0.3 is 10.1 Å². The molecule has 0 saturated carbocycles. The minimum absolute atomic E-state index is 0.0992. The zero-order valence-electron chi connectivity index (χ0n) is 14.3. The highest BCUT2D eigenvalue weighted by Crippen LogP contribution is 2.14. The lowest BCUT2D eigenvalue weighted by molar-refractivity contribution is -0.384. The van der Waals surface area contributed by atoms with E-state index in [9.17, 15) is 19.7 Å². The average molecular weight is 365 g/mol. The number of carbonyl (C=O) groups is 2. The molecular formula is C19H15N3O5. The second-order valence-corrected chi connectivity index (χ2v) is 5.45. The predicted octanol–water partition coefficient (Wildman–Crippen LogP) is 3.05. The summed E-state index contributed by atoms with van der Waals surface area (Å²) in [4.78, 5) is 34.1. The molecule has 1 unspecified atom stereocenters. The van der Waals surface area contributed by atoms with Crippen LogP contribution in [0.25, 0.3) is 6.08 Å². The van der Waals surface area contributed by atoms with E-state index in [1.54, 1.807) is 24.3 Å². The number of benzene rings is 2. The molecule has 1 amide bonds. The fourth-order valence-electron chi connectivity index (χ4n) is 2.08. The number of non-ortho nitro benzene ring substituents is 1. The number of nitriles is 1. The Balaban J connectivity index is 1.94. The van der Waals surface area contributed by atoms with Gasteiger partial charge in [0.15, 0.2) is 6.10 Å². The molecule has 136 valence electrons. The van der Waals surface area contributed by atoms with E-state index < -0.39 is 22.9 Å². The minimum Gasteiger partial charge on any atom is -0.449 e. The van der Waals surface area contributed by atoms with E-state index in [1.165, 1.54) is 37.3 Å². The fourth-order valence-corrected chi connectivity index (χ4v) is 2.08. The number of nitrogens with zero attached hydrogens (tertiary/aromatic N) is 2. The standard InChI is InChI=1S/C19H15N3O5/c1-13(19(24)21-16-6-2-5-15(10-16)12-20)27-18(23)9-8-14-4-3-7-17(11-14)22(25)26/h2-11,13H,1H3,(H,21,24)/b9-8+. The van der Waals surface area contributed by atoms with Gasteiger partial charge in [0.05, 0.1) is 16.6 Å². The minimum atomic E-state index is -1.07. The van der Waals surface area contributed by atoms with Crippen molar-refractivity contribution >= 4 is 29.3 Å². The maximum atomic E-state index is 12.1. The summed E-state index contributed by atoms with van der Waals surface area (Å²) >= 11 is 0. The summed E-state index contributed by atoms with van der Waals surface area (Å²) in [5, 5.41) is 22.1. The van der Waals surface area contributed by atoms with E-state index in [-0.39, 0.29) is 5.69 Å². The maximum absolute atomic E-state index is 12.1. The summed E-state index contributed by atoms with van der Waals surface area (Å²) in [5.41, 5.74) is 1.15. The highest BCUT2D eigenvalue weighted by atomic mass is 16.6. The summed E-state index contributed by atoms with van der Waals surface area (Å²) < 4.78 is 5.00. The van der Waals surface area contributed by atoms with Crippen LogP contribution in [0.4, 0.5) is 11.4 Å². The lowest BCUT2D eigenvalue weighted by atomic mass is 10.2. The Morgan fingerprint density at radius 1 is 1.26 bits per heavy atom. The monoisotopic (exact) mass is 365 g/mol. The van der Waals surface area contributed by atoms with E-state index in [2.05, 4.69) is 5.32 Å². The van der Waals surface area contributed by atoms with Crippen LogP contribution in [-0.4, -0.2) is 22.9 Å². The molecule has 27 heavy (non-hydrogen) atoms. The van der Waals surface area contributed by atoms with Crippen LogP contribution in [0.2, 0.25) is 0 Å². The smallest absolute Gasteiger partial charge is 0.331 e. The molecule has 0 aliphatic carbocycles. The number of ether oxygens (including phenoxy) is 1. The molecular weight excluding hydrogens is 350 g/mol. The third kappa shape index (κ3) is 5.79. The third-order valence-electron chi connectivity index (χ3n) is 3.41. The molecule has 0 saturated heterocycles. The first-order valence-electron chi connectivity index (χ1n) is 7.83. The second kappa shape index (κ2) is 8.92. The molecule has 0 aliphatic heterocycles. The second-order valence-electron chi connectivity index (χ2n) is 5.45. The molecule has 1 atom stereocenters. The van der Waals surface area contributed by atoms with Gasteiger partial charge in [-0.15, -0.1) is 0 Å². The summed E-state index contributed by atoms with van der Waals surface area (Å²) in [6.45, 7) is 1.41. The molecule has 0 spiro atoms. The first-order chi connectivity index (χ1) is 12.9. The average Bonchev–Trinajstić information content (AvgIpc) is 2.66. The van der Waals surface area contributed by atoms with Gasteiger partial charge in [-0.05, 0) is 36.8 Å². The van der Waals surface area contributed by atoms with E-state index >= 15 is 0 Å². The Labute approximate surface area is 154 Å². The summed E-state index contributed by atoms with van der Waals surface area (Å²) in [6, 6.07) is 14.0. The number of esters is 1. The third-order valence-corrected chi connectivity index (χ3v) is 3.41. The van der Waals surface area contributed by atoms with Gasteiger partial charge in [0.2, 0.25) is 0 Å². The first-order valence-corrected chi connectivity index (χ1v) is 7.83. The Bertz CT molecular complexity index is 946. The molecule has 0 aromatic heterocycles. The van der Waals surface area contributed by atoms with Crippen molar-refractivity contribution < 1.29 is 19.2 Å². The molecule has 2 aromatic carbocycles. The van der Waals surface area contributed by atoms with Crippen molar-refractivity contribution in [2.45, 2.75) is 13.0 Å². The summed E-state index contributed by atoms with van der Waals surface area (Å²) in [6.07, 6.45) is 1.37. The van der Waals surface area contributed by atoms with E-state index in [4.69, 9.17) is 10.00 Å². The zero-order chi connectivity index (χ0) is 19.8. The molecule has 0 bridgehead atoms. The van der Waals surface area contributed by atoms with Crippen LogP contribution in [0.5, 0.6) is 0 Å². The molecule has 0 aliphatic rings. The number of anilines is 1. The van der Waals surface area contributed by atoms with Crippen LogP contribution in [0, 0.1) is 21.4 Å². The van der Waals surface area contributed by atoms with Gasteiger partial charge in [-0.2, -0.15) is 5.26 Å². The Morgan fingerprint density at radius 3 is 2.70 bits per heavy atom. The van der Waals surface area contributed by atoms with Crippen LogP contribution in [0.15, 0.2) is 54.6 Å². The van der Waals surface area contributed by atoms with Gasteiger partial charge in [0.1, 0.15) is 0 Å². The van der Waals surface area contributed by atoms with Crippen molar-refractivity contribution in [2.24, 2.45) is 0 Å². The molecule has 0 fully saturated rings. The topological polar surface area (TPSA) is 122 Å². The number of hydrogen-bond donors (Lipinski definition) is 1. The molecule has 1 N–H and O–H groups in total. The number of rotatable bonds is 6. The van der Waals surface area contributed by atoms with Crippen molar-refractivity contribution in [1.29, 1.82) is 5.26 Å². The van der Waals surface area contributed by atoms with E-state index in [0.717, 1.165) is 6.08 Å². The number of nitro benzene ring substituents is 1. The lowest BCUT2D eigenvalue weighted by Crippen LogP contribution is -2.29. The van der Waals surface area contributed by atoms with Crippen molar-refractivity contribution in [3.8, 4) is 6.07 Å². The zero-order valence-corrected chi connectivity index (χ0v) is 14.3. The van der Waals surface area contributed by atoms with Crippen LogP contribution >= 0.6 is 0 Å². The number of amides is 1. The highest BCUT2D eigenvalue weighted by molar-refractivity contribution is 5.96. The number of nitro groups is 1. The van der Waals surface area contributed by atoms with Crippen LogP contribution in [0.3, 0.4) is 0 Å². The van der Waals surface area contributed by atoms with Gasteiger partial charge in [-0.25, -0.2) is 4.79 Å². The Hall–Kier alpha value is -3.99. The fraction of sp³-hybridized carbons (Fsp3) is 0.105. The Kier molecular flexibility index (Phi) is 6.39. The number of hydrogen-bond acceptors (Lipinski definition) is 6. The van der Waals surface area contributed by atoms with Gasteiger partial charge in [0.25, 0.3) is 11.6 Å². The molecule has 0 heterocycles. The first kappa shape index (κ1) is 19.3.